The molecule has 0 spiro atoms. The number of thiophene rings is 1. The number of alkyl halides is 3. The first-order chi connectivity index (χ1) is 16.3. The summed E-state index contributed by atoms with van der Waals surface area (Å²) in [6, 6.07) is 12.2. The third kappa shape index (κ3) is 6.14. The molecular formula is C24H26F3NO5S2. The van der Waals surface area contributed by atoms with Crippen LogP contribution in [0.3, 0.4) is 0 Å². The fourth-order valence-electron chi connectivity index (χ4n) is 3.72. The molecule has 0 aliphatic carbocycles. The van der Waals surface area contributed by atoms with Gasteiger partial charge in [-0.3, -0.25) is 4.31 Å². The van der Waals surface area contributed by atoms with Crippen molar-refractivity contribution in [1.29, 1.82) is 0 Å². The van der Waals surface area contributed by atoms with E-state index in [0.717, 1.165) is 20.3 Å². The number of unbranched alkanes of at least 4 members (excludes halogenated alkanes) is 1. The predicted molar refractivity (Wildman–Crippen MR) is 129 cm³/mol. The molecule has 0 aliphatic heterocycles. The van der Waals surface area contributed by atoms with E-state index < -0.39 is 34.2 Å². The number of sulfonamides is 1. The fourth-order valence-corrected chi connectivity index (χ4v) is 6.83. The maximum absolute atomic E-state index is 13.7. The summed E-state index contributed by atoms with van der Waals surface area (Å²) in [5.41, 5.74) is -0.894. The number of carbonyl (C=O) groups excluding carboxylic acids is 1. The van der Waals surface area contributed by atoms with Crippen molar-refractivity contribution in [2.45, 2.75) is 49.8 Å². The van der Waals surface area contributed by atoms with Gasteiger partial charge < -0.3 is 9.84 Å². The first-order valence-electron chi connectivity index (χ1n) is 10.8. The Labute approximate surface area is 206 Å². The van der Waals surface area contributed by atoms with Crippen LogP contribution in [-0.2, 0) is 20.4 Å². The highest BCUT2D eigenvalue weighted by Crippen LogP contribution is 2.45. The zero-order valence-electron chi connectivity index (χ0n) is 19.4. The second-order valence-electron chi connectivity index (χ2n) is 8.50. The third-order valence-electron chi connectivity index (χ3n) is 5.35. The number of carbonyl (C=O) groups is 1. The number of ether oxygens (including phenoxy) is 1. The number of rotatable bonds is 9. The zero-order chi connectivity index (χ0) is 26.0. The van der Waals surface area contributed by atoms with Crippen LogP contribution in [0.15, 0.2) is 53.4 Å². The van der Waals surface area contributed by atoms with Crippen molar-refractivity contribution in [3.05, 3.63) is 59.7 Å². The highest BCUT2D eigenvalue weighted by Gasteiger charge is 2.34. The monoisotopic (exact) mass is 529 g/mol. The molecule has 0 atom stereocenters. The summed E-state index contributed by atoms with van der Waals surface area (Å²) in [6.45, 7) is 2.85. The van der Waals surface area contributed by atoms with E-state index in [-0.39, 0.29) is 34.8 Å². The van der Waals surface area contributed by atoms with Gasteiger partial charge in [0.1, 0.15) is 5.00 Å². The lowest BCUT2D eigenvalue weighted by Crippen LogP contribution is -2.33. The summed E-state index contributed by atoms with van der Waals surface area (Å²) < 4.78 is 72.0. The van der Waals surface area contributed by atoms with E-state index in [4.69, 9.17) is 0 Å². The van der Waals surface area contributed by atoms with Crippen LogP contribution in [0.1, 0.15) is 49.0 Å². The maximum atomic E-state index is 13.7. The largest absolute Gasteiger partial charge is 0.465 e. The zero-order valence-corrected chi connectivity index (χ0v) is 21.1. The Hall–Kier alpha value is -2.63. The van der Waals surface area contributed by atoms with Gasteiger partial charge in [-0.15, -0.1) is 11.3 Å². The molecule has 190 valence electrons. The van der Waals surface area contributed by atoms with Gasteiger partial charge in [-0.1, -0.05) is 18.2 Å². The van der Waals surface area contributed by atoms with Crippen molar-refractivity contribution in [3.63, 3.8) is 0 Å². The smallest absolute Gasteiger partial charge is 0.389 e. The van der Waals surface area contributed by atoms with Crippen LogP contribution in [0.2, 0.25) is 0 Å². The van der Waals surface area contributed by atoms with Crippen molar-refractivity contribution in [2.24, 2.45) is 0 Å². The van der Waals surface area contributed by atoms with E-state index in [1.165, 1.54) is 45.2 Å². The molecule has 0 saturated carbocycles. The molecule has 1 aromatic heterocycles. The fraction of sp³-hybridized carbons (Fsp3) is 0.375. The molecule has 0 saturated heterocycles. The number of anilines is 1. The molecule has 2 aromatic carbocycles. The molecule has 1 N–H and O–H groups in total. The minimum absolute atomic E-state index is 0.0431. The predicted octanol–water partition coefficient (Wildman–Crippen LogP) is 5.84. The van der Waals surface area contributed by atoms with E-state index in [1.54, 1.807) is 24.3 Å². The van der Waals surface area contributed by atoms with Gasteiger partial charge in [0.25, 0.3) is 10.0 Å². The summed E-state index contributed by atoms with van der Waals surface area (Å²) in [4.78, 5) is 11.6. The maximum Gasteiger partial charge on any atom is 0.389 e. The number of nitrogens with zero attached hydrogens (tertiary/aromatic N) is 1. The Kier molecular flexibility index (Phi) is 7.83. The molecule has 0 amide bonds. The minimum Gasteiger partial charge on any atom is -0.465 e. The summed E-state index contributed by atoms with van der Waals surface area (Å²) in [5.74, 6) is -0.633. The van der Waals surface area contributed by atoms with Crippen LogP contribution in [-0.4, -0.2) is 39.3 Å². The van der Waals surface area contributed by atoms with Gasteiger partial charge in [0, 0.05) is 28.6 Å². The van der Waals surface area contributed by atoms with Crippen molar-refractivity contribution in [2.75, 3.05) is 18.0 Å². The highest BCUT2D eigenvalue weighted by molar-refractivity contribution is 7.93. The van der Waals surface area contributed by atoms with Crippen LogP contribution in [0, 0.1) is 0 Å². The van der Waals surface area contributed by atoms with Crippen LogP contribution in [0.25, 0.3) is 10.1 Å². The summed E-state index contributed by atoms with van der Waals surface area (Å²) in [7, 11) is -3.05. The van der Waals surface area contributed by atoms with Crippen molar-refractivity contribution in [1.82, 2.24) is 0 Å². The average molecular weight is 530 g/mol. The van der Waals surface area contributed by atoms with E-state index >= 15 is 0 Å². The van der Waals surface area contributed by atoms with Crippen molar-refractivity contribution in [3.8, 4) is 0 Å². The van der Waals surface area contributed by atoms with E-state index in [2.05, 4.69) is 4.74 Å². The van der Waals surface area contributed by atoms with Crippen LogP contribution >= 0.6 is 11.3 Å². The number of methoxy groups -OCH3 is 1. The number of aliphatic hydroxyl groups is 1. The summed E-state index contributed by atoms with van der Waals surface area (Å²) >= 11 is 1.15. The van der Waals surface area contributed by atoms with Gasteiger partial charge in [-0.2, -0.15) is 13.2 Å². The van der Waals surface area contributed by atoms with E-state index in [1.807, 2.05) is 0 Å². The molecular weight excluding hydrogens is 503 g/mol. The number of halogens is 3. The van der Waals surface area contributed by atoms with Crippen LogP contribution in [0.4, 0.5) is 18.2 Å². The first kappa shape index (κ1) is 27.0. The second-order valence-corrected chi connectivity index (χ2v) is 11.4. The van der Waals surface area contributed by atoms with Gasteiger partial charge in [0.2, 0.25) is 0 Å². The molecule has 6 nitrogen and oxygen atoms in total. The van der Waals surface area contributed by atoms with E-state index in [0.29, 0.717) is 10.9 Å². The number of hydrogen-bond acceptors (Lipinski definition) is 6. The van der Waals surface area contributed by atoms with Crippen LogP contribution in [0.5, 0.6) is 0 Å². The summed E-state index contributed by atoms with van der Waals surface area (Å²) in [6.07, 6.45) is -5.67. The molecule has 0 fully saturated rings. The standard InChI is InChI=1S/C24H26F3NO5S2/c1-23(2,30)20-18-8-4-5-9-19(18)34-21(20)28(15-7-6-14-24(25,26)27)35(31,32)17-12-10-16(11-13-17)22(29)33-3/h4-5,8-13,30H,6-7,14-15H2,1-3H3. The topological polar surface area (TPSA) is 83.9 Å². The molecule has 3 aromatic rings. The lowest BCUT2D eigenvalue weighted by Gasteiger charge is -2.28. The first-order valence-corrected chi connectivity index (χ1v) is 13.0. The molecule has 3 rings (SSSR count). The number of benzene rings is 2. The SMILES string of the molecule is COC(=O)c1ccc(S(=O)(=O)N(CCCCC(F)(F)F)c2sc3ccccc3c2C(C)(C)O)cc1. The van der Waals surface area contributed by atoms with Gasteiger partial charge in [0.05, 0.1) is 23.2 Å². The molecule has 35 heavy (non-hydrogen) atoms. The molecule has 1 heterocycles. The highest BCUT2D eigenvalue weighted by atomic mass is 32.2. The lowest BCUT2D eigenvalue weighted by atomic mass is 9.97. The Balaban J connectivity index is 2.11. The number of esters is 1. The van der Waals surface area contributed by atoms with Crippen LogP contribution < -0.4 is 4.31 Å². The summed E-state index contributed by atoms with van der Waals surface area (Å²) in [5, 5.41) is 11.8. The van der Waals surface area contributed by atoms with Gasteiger partial charge in [-0.25, -0.2) is 13.2 Å². The third-order valence-corrected chi connectivity index (χ3v) is 8.47. The number of fused-ring (bicyclic) bond motifs is 1. The van der Waals surface area contributed by atoms with Gasteiger partial charge >= 0.3 is 12.1 Å². The molecule has 0 aliphatic rings. The van der Waals surface area contributed by atoms with Crippen molar-refractivity contribution >= 4 is 42.4 Å². The lowest BCUT2D eigenvalue weighted by molar-refractivity contribution is -0.135. The second kappa shape index (κ2) is 10.2. The number of hydrogen-bond donors (Lipinski definition) is 1. The Morgan fingerprint density at radius 3 is 2.26 bits per heavy atom. The van der Waals surface area contributed by atoms with Gasteiger partial charge in [0.15, 0.2) is 0 Å². The normalized spacial score (nSPS) is 12.7. The van der Waals surface area contributed by atoms with Crippen molar-refractivity contribution < 1.29 is 36.2 Å². The minimum atomic E-state index is -4.34. The molecule has 0 radical (unpaired) electrons. The Morgan fingerprint density at radius 2 is 1.69 bits per heavy atom. The Bertz CT molecular complexity index is 1290. The molecule has 0 bridgehead atoms. The molecule has 0 unspecified atom stereocenters. The average Bonchev–Trinajstić information content (AvgIpc) is 3.17. The molecule has 11 heteroatoms. The quantitative estimate of drug-likeness (QED) is 0.278. The Morgan fingerprint density at radius 1 is 1.06 bits per heavy atom. The van der Waals surface area contributed by atoms with Gasteiger partial charge in [-0.05, 0) is 57.0 Å². The van der Waals surface area contributed by atoms with E-state index in [9.17, 15) is 31.5 Å².